The number of likely N-dealkylation sites (tertiary alicyclic amines) is 1. The fourth-order valence-corrected chi connectivity index (χ4v) is 4.99. The van der Waals surface area contributed by atoms with Gasteiger partial charge in [0.2, 0.25) is 5.91 Å². The van der Waals surface area contributed by atoms with Crippen molar-refractivity contribution in [2.75, 3.05) is 39.3 Å². The SMILES string of the molecule is CCCNC(=O)c1cccc(C(=O)N(CCC)[C@@H](Cc2ccccc2)[C@H](O)CNCCCN2CCCC2=O)c1. The molecule has 0 saturated carbocycles. The molecule has 0 spiro atoms. The van der Waals surface area contributed by atoms with E-state index in [2.05, 4.69) is 10.6 Å². The van der Waals surface area contributed by atoms with E-state index in [1.165, 1.54) is 0 Å². The predicted octanol–water partition coefficient (Wildman–Crippen LogP) is 3.25. The Labute approximate surface area is 232 Å². The molecule has 39 heavy (non-hydrogen) atoms. The highest BCUT2D eigenvalue weighted by Crippen LogP contribution is 2.18. The van der Waals surface area contributed by atoms with E-state index in [0.29, 0.717) is 50.1 Å². The summed E-state index contributed by atoms with van der Waals surface area (Å²) in [6.07, 6.45) is 3.65. The number of amides is 3. The number of rotatable bonds is 16. The molecule has 2 aromatic rings. The Balaban J connectivity index is 1.72. The molecule has 8 nitrogen and oxygen atoms in total. The normalized spacial score (nSPS) is 14.7. The van der Waals surface area contributed by atoms with Crippen molar-refractivity contribution in [2.45, 2.75) is 64.5 Å². The minimum absolute atomic E-state index is 0.200. The second kappa shape index (κ2) is 16.0. The Kier molecular flexibility index (Phi) is 12.4. The number of hydrogen-bond donors (Lipinski definition) is 3. The van der Waals surface area contributed by atoms with Crippen molar-refractivity contribution in [1.82, 2.24) is 20.4 Å². The smallest absolute Gasteiger partial charge is 0.254 e. The molecule has 0 bridgehead atoms. The van der Waals surface area contributed by atoms with E-state index < -0.39 is 12.1 Å². The number of carbonyl (C=O) groups excluding carboxylic acids is 3. The third-order valence-electron chi connectivity index (χ3n) is 7.07. The number of benzene rings is 2. The lowest BCUT2D eigenvalue weighted by atomic mass is 9.97. The number of hydrogen-bond acceptors (Lipinski definition) is 5. The maximum Gasteiger partial charge on any atom is 0.254 e. The molecule has 0 radical (unpaired) electrons. The van der Waals surface area contributed by atoms with Crippen molar-refractivity contribution < 1.29 is 19.5 Å². The van der Waals surface area contributed by atoms with Gasteiger partial charge in [-0.25, -0.2) is 0 Å². The molecule has 3 rings (SSSR count). The van der Waals surface area contributed by atoms with Crippen molar-refractivity contribution in [3.8, 4) is 0 Å². The van der Waals surface area contributed by atoms with Crippen LogP contribution < -0.4 is 10.6 Å². The van der Waals surface area contributed by atoms with Gasteiger partial charge in [-0.1, -0.05) is 50.2 Å². The zero-order valence-corrected chi connectivity index (χ0v) is 23.4. The number of nitrogens with zero attached hydrogens (tertiary/aromatic N) is 2. The summed E-state index contributed by atoms with van der Waals surface area (Å²) in [5, 5.41) is 17.6. The van der Waals surface area contributed by atoms with Gasteiger partial charge in [-0.3, -0.25) is 14.4 Å². The van der Waals surface area contributed by atoms with Crippen LogP contribution in [0, 0.1) is 0 Å². The van der Waals surface area contributed by atoms with Gasteiger partial charge in [0.05, 0.1) is 12.1 Å². The van der Waals surface area contributed by atoms with Crippen LogP contribution in [-0.2, 0) is 11.2 Å². The van der Waals surface area contributed by atoms with Gasteiger partial charge in [0.1, 0.15) is 0 Å². The largest absolute Gasteiger partial charge is 0.390 e. The molecule has 1 heterocycles. The maximum absolute atomic E-state index is 13.8. The molecule has 3 N–H and O–H groups in total. The molecule has 0 unspecified atom stereocenters. The van der Waals surface area contributed by atoms with Crippen LogP contribution in [0.25, 0.3) is 0 Å². The summed E-state index contributed by atoms with van der Waals surface area (Å²) in [4.78, 5) is 41.9. The van der Waals surface area contributed by atoms with Crippen molar-refractivity contribution >= 4 is 17.7 Å². The Morgan fingerprint density at radius 1 is 1.03 bits per heavy atom. The van der Waals surface area contributed by atoms with Crippen molar-refractivity contribution in [3.05, 3.63) is 71.3 Å². The summed E-state index contributed by atoms with van der Waals surface area (Å²) in [6.45, 7) is 7.62. The quantitative estimate of drug-likeness (QED) is 0.286. The monoisotopic (exact) mass is 536 g/mol. The highest BCUT2D eigenvalue weighted by atomic mass is 16.3. The van der Waals surface area contributed by atoms with Crippen LogP contribution in [0.5, 0.6) is 0 Å². The van der Waals surface area contributed by atoms with Gasteiger partial charge in [-0.2, -0.15) is 0 Å². The van der Waals surface area contributed by atoms with Gasteiger partial charge in [0.15, 0.2) is 0 Å². The minimum Gasteiger partial charge on any atom is -0.390 e. The first-order valence-electron chi connectivity index (χ1n) is 14.3. The van der Waals surface area contributed by atoms with Crippen LogP contribution >= 0.6 is 0 Å². The Hall–Kier alpha value is -3.23. The van der Waals surface area contributed by atoms with Crippen LogP contribution in [0.3, 0.4) is 0 Å². The summed E-state index contributed by atoms with van der Waals surface area (Å²) in [7, 11) is 0. The molecular formula is C31H44N4O4. The number of aliphatic hydroxyl groups is 1. The molecule has 3 amide bonds. The van der Waals surface area contributed by atoms with Crippen molar-refractivity contribution in [2.24, 2.45) is 0 Å². The lowest BCUT2D eigenvalue weighted by Crippen LogP contribution is -2.52. The lowest BCUT2D eigenvalue weighted by Gasteiger charge is -2.35. The number of carbonyl (C=O) groups is 3. The third-order valence-corrected chi connectivity index (χ3v) is 7.07. The zero-order chi connectivity index (χ0) is 28.0. The third kappa shape index (κ3) is 9.18. The number of aliphatic hydroxyl groups excluding tert-OH is 1. The summed E-state index contributed by atoms with van der Waals surface area (Å²) < 4.78 is 0. The molecule has 2 atom stereocenters. The molecule has 8 heteroatoms. The molecular weight excluding hydrogens is 492 g/mol. The van der Waals surface area contributed by atoms with Gasteiger partial charge < -0.3 is 25.5 Å². The first-order valence-corrected chi connectivity index (χ1v) is 14.3. The van der Waals surface area contributed by atoms with E-state index in [4.69, 9.17) is 0 Å². The predicted molar refractivity (Wildman–Crippen MR) is 154 cm³/mol. The second-order valence-corrected chi connectivity index (χ2v) is 10.2. The molecule has 1 fully saturated rings. The molecule has 0 aliphatic carbocycles. The Morgan fingerprint density at radius 3 is 2.49 bits per heavy atom. The lowest BCUT2D eigenvalue weighted by molar-refractivity contribution is -0.127. The van der Waals surface area contributed by atoms with Gasteiger partial charge in [-0.05, 0) is 62.4 Å². The van der Waals surface area contributed by atoms with E-state index in [0.717, 1.165) is 44.3 Å². The van der Waals surface area contributed by atoms with E-state index >= 15 is 0 Å². The zero-order valence-electron chi connectivity index (χ0n) is 23.4. The molecule has 2 aromatic carbocycles. The highest BCUT2D eigenvalue weighted by Gasteiger charge is 2.30. The average Bonchev–Trinajstić information content (AvgIpc) is 3.37. The molecule has 212 valence electrons. The van der Waals surface area contributed by atoms with Crippen LogP contribution in [0.2, 0.25) is 0 Å². The van der Waals surface area contributed by atoms with Crippen LogP contribution in [0.15, 0.2) is 54.6 Å². The summed E-state index contributed by atoms with van der Waals surface area (Å²) in [5.41, 5.74) is 1.92. The summed E-state index contributed by atoms with van der Waals surface area (Å²) in [6, 6.07) is 16.2. The van der Waals surface area contributed by atoms with Gasteiger partial charge in [0.25, 0.3) is 11.8 Å². The minimum atomic E-state index is -0.801. The fourth-order valence-electron chi connectivity index (χ4n) is 4.99. The standard InChI is InChI=1S/C31H44N4O4/c1-3-16-33-30(38)25-13-8-14-26(22-25)31(39)35(18-4-2)27(21-24-11-6-5-7-12-24)28(36)23-32-17-10-20-34-19-9-15-29(34)37/h5-8,11-14,22,27-28,32,36H,3-4,9-10,15-21,23H2,1-2H3,(H,33,38)/t27-,28+/m0/s1. The van der Waals surface area contributed by atoms with E-state index in [1.54, 1.807) is 29.2 Å². The summed E-state index contributed by atoms with van der Waals surface area (Å²) in [5.74, 6) is -0.178. The van der Waals surface area contributed by atoms with Crippen molar-refractivity contribution in [3.63, 3.8) is 0 Å². The van der Waals surface area contributed by atoms with Gasteiger partial charge >= 0.3 is 0 Å². The van der Waals surface area contributed by atoms with Crippen LogP contribution in [-0.4, -0.2) is 84.0 Å². The Morgan fingerprint density at radius 2 is 1.79 bits per heavy atom. The van der Waals surface area contributed by atoms with E-state index in [9.17, 15) is 19.5 Å². The second-order valence-electron chi connectivity index (χ2n) is 10.2. The van der Waals surface area contributed by atoms with Gasteiger partial charge in [0, 0.05) is 50.3 Å². The van der Waals surface area contributed by atoms with E-state index in [-0.39, 0.29) is 17.7 Å². The molecule has 1 aliphatic heterocycles. The van der Waals surface area contributed by atoms with Crippen molar-refractivity contribution in [1.29, 1.82) is 0 Å². The van der Waals surface area contributed by atoms with Crippen LogP contribution in [0.1, 0.15) is 72.2 Å². The van der Waals surface area contributed by atoms with Gasteiger partial charge in [-0.15, -0.1) is 0 Å². The topological polar surface area (TPSA) is 102 Å². The maximum atomic E-state index is 13.8. The molecule has 0 aromatic heterocycles. The van der Waals surface area contributed by atoms with E-state index in [1.807, 2.05) is 49.1 Å². The first-order chi connectivity index (χ1) is 18.9. The van der Waals surface area contributed by atoms with Crippen LogP contribution in [0.4, 0.5) is 0 Å². The first kappa shape index (κ1) is 30.3. The Bertz CT molecular complexity index is 1060. The summed E-state index contributed by atoms with van der Waals surface area (Å²) >= 11 is 0. The molecule has 1 saturated heterocycles. The average molecular weight is 537 g/mol. The fraction of sp³-hybridized carbons (Fsp3) is 0.516. The highest BCUT2D eigenvalue weighted by molar-refractivity contribution is 5.99. The molecule has 1 aliphatic rings. The number of nitrogens with one attached hydrogen (secondary N) is 2.